The van der Waals surface area contributed by atoms with Crippen LogP contribution < -0.4 is 15.0 Å². The Bertz CT molecular complexity index is 1210. The number of ether oxygens (including phenoxy) is 2. The van der Waals surface area contributed by atoms with Crippen LogP contribution in [-0.4, -0.2) is 29.2 Å². The second kappa shape index (κ2) is 9.37. The molecule has 2 aromatic carbocycles. The average Bonchev–Trinajstić information content (AvgIpc) is 2.77. The number of benzene rings is 2. The number of Topliss-reactive ketones (excluding diaryl/α,β-unsaturated/α-hetero) is 1. The standard InChI is InChI=1S/C23H19ClN2O5/c1-14-19(11-25)22(28)26(12-15-3-7-17(30-2)8-4-15)23(29)21(14)20(27)13-31-18-9-5-16(24)6-10-18/h3-10,29H,12-13H2,1-2H3. The molecule has 0 aliphatic carbocycles. The normalized spacial score (nSPS) is 10.4. The highest BCUT2D eigenvalue weighted by atomic mass is 35.5. The monoisotopic (exact) mass is 438 g/mol. The van der Waals surface area contributed by atoms with Gasteiger partial charge in [0.2, 0.25) is 11.7 Å². The van der Waals surface area contributed by atoms with E-state index in [0.717, 1.165) is 4.57 Å². The highest BCUT2D eigenvalue weighted by Crippen LogP contribution is 2.24. The van der Waals surface area contributed by atoms with Crippen LogP contribution >= 0.6 is 11.6 Å². The lowest BCUT2D eigenvalue weighted by Crippen LogP contribution is -2.28. The molecule has 0 unspecified atom stereocenters. The minimum Gasteiger partial charge on any atom is -0.497 e. The van der Waals surface area contributed by atoms with Crippen LogP contribution in [0.4, 0.5) is 0 Å². The third kappa shape index (κ3) is 4.71. The van der Waals surface area contributed by atoms with Crippen LogP contribution in [0.1, 0.15) is 27.0 Å². The van der Waals surface area contributed by atoms with Gasteiger partial charge in [-0.25, -0.2) is 0 Å². The predicted octanol–water partition coefficient (Wildman–Crippen LogP) is 3.71. The summed E-state index contributed by atoms with van der Waals surface area (Å²) < 4.78 is 11.6. The molecule has 1 heterocycles. The van der Waals surface area contributed by atoms with Crippen molar-refractivity contribution in [2.24, 2.45) is 0 Å². The zero-order chi connectivity index (χ0) is 22.5. The SMILES string of the molecule is COc1ccc(Cn2c(O)c(C(=O)COc3ccc(Cl)cc3)c(C)c(C#N)c2=O)cc1. The van der Waals surface area contributed by atoms with Gasteiger partial charge in [-0.2, -0.15) is 5.26 Å². The number of nitrogens with zero attached hydrogens (tertiary/aromatic N) is 2. The number of hydrogen-bond donors (Lipinski definition) is 1. The van der Waals surface area contributed by atoms with Gasteiger partial charge in [-0.05, 0) is 54.4 Å². The Morgan fingerprint density at radius 2 is 1.74 bits per heavy atom. The van der Waals surface area contributed by atoms with Crippen LogP contribution in [0.2, 0.25) is 5.02 Å². The highest BCUT2D eigenvalue weighted by Gasteiger charge is 2.24. The van der Waals surface area contributed by atoms with E-state index in [-0.39, 0.29) is 29.8 Å². The zero-order valence-corrected chi connectivity index (χ0v) is 17.6. The van der Waals surface area contributed by atoms with Gasteiger partial charge in [0, 0.05) is 5.02 Å². The van der Waals surface area contributed by atoms with Crippen molar-refractivity contribution >= 4 is 17.4 Å². The molecular formula is C23H19ClN2O5. The van der Waals surface area contributed by atoms with E-state index >= 15 is 0 Å². The molecule has 0 bridgehead atoms. The molecular weight excluding hydrogens is 420 g/mol. The molecule has 8 heteroatoms. The maximum atomic E-state index is 12.8. The van der Waals surface area contributed by atoms with Crippen LogP contribution in [-0.2, 0) is 6.54 Å². The lowest BCUT2D eigenvalue weighted by Gasteiger charge is -2.16. The molecule has 7 nitrogen and oxygen atoms in total. The maximum absolute atomic E-state index is 12.8. The first-order chi connectivity index (χ1) is 14.8. The molecule has 0 aliphatic heterocycles. The van der Waals surface area contributed by atoms with Gasteiger partial charge >= 0.3 is 0 Å². The van der Waals surface area contributed by atoms with Gasteiger partial charge in [0.15, 0.2) is 6.61 Å². The van der Waals surface area contributed by atoms with Crippen LogP contribution in [0.5, 0.6) is 17.4 Å². The Balaban J connectivity index is 1.96. The summed E-state index contributed by atoms with van der Waals surface area (Å²) >= 11 is 5.84. The molecule has 0 atom stereocenters. The number of aromatic nitrogens is 1. The Kier molecular flexibility index (Phi) is 6.63. The van der Waals surface area contributed by atoms with Crippen molar-refractivity contribution in [2.75, 3.05) is 13.7 Å². The van der Waals surface area contributed by atoms with E-state index in [0.29, 0.717) is 22.1 Å². The fourth-order valence-electron chi connectivity index (χ4n) is 3.10. The zero-order valence-electron chi connectivity index (χ0n) is 16.9. The Morgan fingerprint density at radius 3 is 2.32 bits per heavy atom. The first kappa shape index (κ1) is 21.9. The van der Waals surface area contributed by atoms with Gasteiger partial charge in [-0.1, -0.05) is 23.7 Å². The van der Waals surface area contributed by atoms with Crippen molar-refractivity contribution in [2.45, 2.75) is 13.5 Å². The van der Waals surface area contributed by atoms with Crippen molar-refractivity contribution in [1.82, 2.24) is 4.57 Å². The van der Waals surface area contributed by atoms with Crippen LogP contribution in [0.3, 0.4) is 0 Å². The third-order valence-corrected chi connectivity index (χ3v) is 5.01. The van der Waals surface area contributed by atoms with Crippen molar-refractivity contribution in [1.29, 1.82) is 5.26 Å². The Morgan fingerprint density at radius 1 is 1.13 bits per heavy atom. The second-order valence-corrected chi connectivity index (χ2v) is 7.15. The Hall–Kier alpha value is -3.76. The first-order valence-electron chi connectivity index (χ1n) is 9.26. The number of hydrogen-bond acceptors (Lipinski definition) is 6. The van der Waals surface area contributed by atoms with Crippen LogP contribution in [0, 0.1) is 18.3 Å². The molecule has 1 aromatic heterocycles. The third-order valence-electron chi connectivity index (χ3n) is 4.76. The quantitative estimate of drug-likeness (QED) is 0.564. The average molecular weight is 439 g/mol. The molecule has 0 radical (unpaired) electrons. The number of halogens is 1. The van der Waals surface area contributed by atoms with Crippen molar-refractivity contribution < 1.29 is 19.4 Å². The molecule has 0 spiro atoms. The molecule has 0 saturated carbocycles. The molecule has 1 N–H and O–H groups in total. The number of carbonyl (C=O) groups excluding carboxylic acids is 1. The van der Waals surface area contributed by atoms with Crippen LogP contribution in [0.25, 0.3) is 0 Å². The van der Waals surface area contributed by atoms with Crippen molar-refractivity contribution in [3.05, 3.63) is 86.2 Å². The lowest BCUT2D eigenvalue weighted by molar-refractivity contribution is 0.0916. The molecule has 158 valence electrons. The summed E-state index contributed by atoms with van der Waals surface area (Å²) in [7, 11) is 1.54. The van der Waals surface area contributed by atoms with E-state index in [9.17, 15) is 20.0 Å². The molecule has 0 saturated heterocycles. The summed E-state index contributed by atoms with van der Waals surface area (Å²) in [6.45, 7) is 1.04. The molecule has 3 rings (SSSR count). The Labute approximate surface area is 183 Å². The summed E-state index contributed by atoms with van der Waals surface area (Å²) in [5, 5.41) is 20.8. The number of rotatable bonds is 7. The largest absolute Gasteiger partial charge is 0.497 e. The minimum atomic E-state index is -0.677. The number of ketones is 1. The summed E-state index contributed by atoms with van der Waals surface area (Å²) in [4.78, 5) is 25.6. The van der Waals surface area contributed by atoms with E-state index in [4.69, 9.17) is 21.1 Å². The summed E-state index contributed by atoms with van der Waals surface area (Å²) in [5.41, 5.74) is -0.217. The van der Waals surface area contributed by atoms with E-state index in [1.807, 2.05) is 6.07 Å². The molecule has 3 aromatic rings. The van der Waals surface area contributed by atoms with Gasteiger partial charge in [0.05, 0.1) is 19.2 Å². The van der Waals surface area contributed by atoms with Crippen LogP contribution in [0.15, 0.2) is 53.3 Å². The summed E-state index contributed by atoms with van der Waals surface area (Å²) in [6, 6.07) is 15.2. The molecule has 0 aliphatic rings. The fourth-order valence-corrected chi connectivity index (χ4v) is 3.22. The highest BCUT2D eigenvalue weighted by molar-refractivity contribution is 6.30. The molecule has 0 fully saturated rings. The van der Waals surface area contributed by atoms with Crippen molar-refractivity contribution in [3.63, 3.8) is 0 Å². The number of pyridine rings is 1. The minimum absolute atomic E-state index is 0.0259. The van der Waals surface area contributed by atoms with Gasteiger partial charge in [-0.15, -0.1) is 0 Å². The predicted molar refractivity (Wildman–Crippen MR) is 115 cm³/mol. The van der Waals surface area contributed by atoms with E-state index in [1.165, 1.54) is 14.0 Å². The van der Waals surface area contributed by atoms with E-state index < -0.39 is 17.2 Å². The topological polar surface area (TPSA) is 102 Å². The fraction of sp³-hybridized carbons (Fsp3) is 0.174. The second-order valence-electron chi connectivity index (χ2n) is 6.72. The maximum Gasteiger partial charge on any atom is 0.271 e. The van der Waals surface area contributed by atoms with Gasteiger partial charge in [0.25, 0.3) is 5.56 Å². The number of nitriles is 1. The summed E-state index contributed by atoms with van der Waals surface area (Å²) in [5.74, 6) is -0.0222. The van der Waals surface area contributed by atoms with Crippen molar-refractivity contribution in [3.8, 4) is 23.4 Å². The first-order valence-corrected chi connectivity index (χ1v) is 9.64. The number of aromatic hydroxyl groups is 1. The molecule has 0 amide bonds. The smallest absolute Gasteiger partial charge is 0.271 e. The molecule has 31 heavy (non-hydrogen) atoms. The van der Waals surface area contributed by atoms with E-state index in [1.54, 1.807) is 48.5 Å². The summed E-state index contributed by atoms with van der Waals surface area (Å²) in [6.07, 6.45) is 0. The number of carbonyl (C=O) groups is 1. The van der Waals surface area contributed by atoms with Gasteiger partial charge in [-0.3, -0.25) is 14.2 Å². The van der Waals surface area contributed by atoms with Gasteiger partial charge < -0.3 is 14.6 Å². The lowest BCUT2D eigenvalue weighted by atomic mass is 10.0. The number of methoxy groups -OCH3 is 1. The van der Waals surface area contributed by atoms with E-state index in [2.05, 4.69) is 0 Å². The van der Waals surface area contributed by atoms with Gasteiger partial charge in [0.1, 0.15) is 23.1 Å².